The fourth-order valence-electron chi connectivity index (χ4n) is 2.28. The smallest absolute Gasteiger partial charge is 0.374 e. The molecule has 0 spiro atoms. The summed E-state index contributed by atoms with van der Waals surface area (Å²) in [6.45, 7) is 1.84. The number of aromatic nitrogens is 1. The predicted molar refractivity (Wildman–Crippen MR) is 66.1 cm³/mol. The van der Waals surface area contributed by atoms with Crippen LogP contribution >= 0.6 is 0 Å². The van der Waals surface area contributed by atoms with Gasteiger partial charge in [-0.25, -0.2) is 4.79 Å². The van der Waals surface area contributed by atoms with Crippen LogP contribution in [-0.4, -0.2) is 65.2 Å². The van der Waals surface area contributed by atoms with Crippen LogP contribution in [0.3, 0.4) is 0 Å². The van der Waals surface area contributed by atoms with Crippen LogP contribution in [0.4, 0.5) is 0 Å². The van der Waals surface area contributed by atoms with Crippen LogP contribution < -0.4 is 0 Å². The lowest BCUT2D eigenvalue weighted by molar-refractivity contribution is 0.0622. The summed E-state index contributed by atoms with van der Waals surface area (Å²) in [6, 6.07) is 1.28. The van der Waals surface area contributed by atoms with Crippen molar-refractivity contribution in [2.24, 2.45) is 0 Å². The molecule has 1 fully saturated rings. The molecular weight excluding hydrogens is 250 g/mol. The Balaban J connectivity index is 2.07. The third-order valence-corrected chi connectivity index (χ3v) is 3.41. The van der Waals surface area contributed by atoms with E-state index in [1.165, 1.54) is 0 Å². The molecule has 7 nitrogen and oxygen atoms in total. The number of likely N-dealkylation sites (N-methyl/N-ethyl adjacent to an activating group) is 2. The van der Waals surface area contributed by atoms with Crippen LogP contribution in [0.1, 0.15) is 33.9 Å². The summed E-state index contributed by atoms with van der Waals surface area (Å²) in [4.78, 5) is 26.6. The van der Waals surface area contributed by atoms with Gasteiger partial charge in [-0.05, 0) is 26.4 Å². The summed E-state index contributed by atoms with van der Waals surface area (Å²) >= 11 is 0. The average Bonchev–Trinajstić information content (AvgIpc) is 2.86. The lowest BCUT2D eigenvalue weighted by Gasteiger charge is -2.35. The molecule has 0 radical (unpaired) electrons. The van der Waals surface area contributed by atoms with Gasteiger partial charge in [0.1, 0.15) is 0 Å². The van der Waals surface area contributed by atoms with Gasteiger partial charge in [-0.2, -0.15) is 0 Å². The number of rotatable bonds is 3. The summed E-state index contributed by atoms with van der Waals surface area (Å²) < 4.78 is 4.60. The topological polar surface area (TPSA) is 86.9 Å². The molecule has 2 rings (SSSR count). The molecule has 1 amide bonds. The van der Waals surface area contributed by atoms with Crippen molar-refractivity contribution in [3.8, 4) is 0 Å². The first-order valence-corrected chi connectivity index (χ1v) is 6.14. The van der Waals surface area contributed by atoms with Crippen molar-refractivity contribution in [3.63, 3.8) is 0 Å². The van der Waals surface area contributed by atoms with E-state index < -0.39 is 5.97 Å². The monoisotopic (exact) mass is 267 g/mol. The Kier molecular flexibility index (Phi) is 3.84. The summed E-state index contributed by atoms with van der Waals surface area (Å²) in [5.74, 6) is -1.86. The van der Waals surface area contributed by atoms with Gasteiger partial charge < -0.3 is 19.4 Å². The van der Waals surface area contributed by atoms with E-state index in [4.69, 9.17) is 5.11 Å². The number of likely N-dealkylation sites (tertiary alicyclic amines) is 1. The minimum absolute atomic E-state index is 0.0353. The molecule has 0 aliphatic carbocycles. The van der Waals surface area contributed by atoms with Gasteiger partial charge in [0, 0.05) is 25.7 Å². The van der Waals surface area contributed by atoms with Crippen molar-refractivity contribution in [2.45, 2.75) is 18.9 Å². The largest absolute Gasteiger partial charge is 0.475 e. The Labute approximate surface area is 110 Å². The van der Waals surface area contributed by atoms with Gasteiger partial charge in [-0.1, -0.05) is 5.16 Å². The number of carboxylic acids is 1. The number of carboxylic acid groups (broad SMARTS) is 1. The first-order chi connectivity index (χ1) is 8.99. The van der Waals surface area contributed by atoms with Crippen LogP contribution in [0.25, 0.3) is 0 Å². The number of piperidine rings is 1. The SMILES string of the molecule is CN1CCCC(N(C)C(=O)c2cc(C(=O)O)on2)C1. The molecule has 1 atom stereocenters. The number of nitrogens with zero attached hydrogens (tertiary/aromatic N) is 3. The van der Waals surface area contributed by atoms with Crippen molar-refractivity contribution in [1.29, 1.82) is 0 Å². The molecule has 1 unspecified atom stereocenters. The quantitative estimate of drug-likeness (QED) is 0.860. The van der Waals surface area contributed by atoms with E-state index in [9.17, 15) is 9.59 Å². The zero-order chi connectivity index (χ0) is 14.0. The summed E-state index contributed by atoms with van der Waals surface area (Å²) in [7, 11) is 3.73. The molecule has 1 aromatic heterocycles. The third-order valence-electron chi connectivity index (χ3n) is 3.41. The lowest BCUT2D eigenvalue weighted by Crippen LogP contribution is -2.47. The molecule has 2 heterocycles. The molecule has 1 aromatic rings. The highest BCUT2D eigenvalue weighted by Gasteiger charge is 2.27. The fourth-order valence-corrected chi connectivity index (χ4v) is 2.28. The second-order valence-corrected chi connectivity index (χ2v) is 4.86. The van der Waals surface area contributed by atoms with Crippen molar-refractivity contribution >= 4 is 11.9 Å². The minimum atomic E-state index is -1.23. The number of amides is 1. The molecule has 7 heteroatoms. The molecule has 19 heavy (non-hydrogen) atoms. The van der Waals surface area contributed by atoms with E-state index >= 15 is 0 Å². The van der Waals surface area contributed by atoms with E-state index in [1.807, 2.05) is 7.05 Å². The zero-order valence-electron chi connectivity index (χ0n) is 11.0. The molecule has 1 aliphatic heterocycles. The highest BCUT2D eigenvalue weighted by Crippen LogP contribution is 2.16. The number of aromatic carboxylic acids is 1. The average molecular weight is 267 g/mol. The number of carbonyl (C=O) groups is 2. The molecule has 1 N–H and O–H groups in total. The van der Waals surface area contributed by atoms with Crippen molar-refractivity contribution in [2.75, 3.05) is 27.2 Å². The van der Waals surface area contributed by atoms with Crippen LogP contribution in [-0.2, 0) is 0 Å². The Hall–Kier alpha value is -1.89. The van der Waals surface area contributed by atoms with Gasteiger partial charge in [0.25, 0.3) is 5.91 Å². The number of hydrogen-bond donors (Lipinski definition) is 1. The van der Waals surface area contributed by atoms with Gasteiger partial charge >= 0.3 is 5.97 Å². The Morgan fingerprint density at radius 1 is 1.58 bits per heavy atom. The first-order valence-electron chi connectivity index (χ1n) is 6.14. The van der Waals surface area contributed by atoms with E-state index in [0.717, 1.165) is 32.0 Å². The predicted octanol–water partition coefficient (Wildman–Crippen LogP) is 0.539. The van der Waals surface area contributed by atoms with Crippen LogP contribution in [0, 0.1) is 0 Å². The minimum Gasteiger partial charge on any atom is -0.475 e. The molecule has 0 aromatic carbocycles. The molecule has 104 valence electrons. The highest BCUT2D eigenvalue weighted by atomic mass is 16.5. The van der Waals surface area contributed by atoms with Crippen molar-refractivity contribution in [1.82, 2.24) is 15.0 Å². The maximum atomic E-state index is 12.2. The maximum Gasteiger partial charge on any atom is 0.374 e. The van der Waals surface area contributed by atoms with Gasteiger partial charge in [0.15, 0.2) is 5.69 Å². The van der Waals surface area contributed by atoms with Crippen molar-refractivity contribution in [3.05, 3.63) is 17.5 Å². The third kappa shape index (κ3) is 2.93. The Bertz CT molecular complexity index is 485. The molecule has 0 saturated carbocycles. The van der Waals surface area contributed by atoms with Crippen LogP contribution in [0.2, 0.25) is 0 Å². The molecule has 1 aliphatic rings. The van der Waals surface area contributed by atoms with Crippen LogP contribution in [0.5, 0.6) is 0 Å². The molecule has 1 saturated heterocycles. The van der Waals surface area contributed by atoms with Gasteiger partial charge in [0.2, 0.25) is 5.76 Å². The van der Waals surface area contributed by atoms with Gasteiger partial charge in [-0.3, -0.25) is 4.79 Å². The lowest BCUT2D eigenvalue weighted by atomic mass is 10.0. The summed E-state index contributed by atoms with van der Waals surface area (Å²) in [5.41, 5.74) is 0.0353. The summed E-state index contributed by atoms with van der Waals surface area (Å²) in [5, 5.41) is 12.2. The van der Waals surface area contributed by atoms with E-state index in [-0.39, 0.29) is 23.4 Å². The second kappa shape index (κ2) is 5.40. The number of hydrogen-bond acceptors (Lipinski definition) is 5. The van der Waals surface area contributed by atoms with Gasteiger partial charge in [-0.15, -0.1) is 0 Å². The molecular formula is C12H17N3O4. The summed E-state index contributed by atoms with van der Waals surface area (Å²) in [6.07, 6.45) is 1.98. The van der Waals surface area contributed by atoms with Gasteiger partial charge in [0.05, 0.1) is 0 Å². The Morgan fingerprint density at radius 2 is 2.32 bits per heavy atom. The number of carbonyl (C=O) groups excluding carboxylic acids is 1. The van der Waals surface area contributed by atoms with Crippen molar-refractivity contribution < 1.29 is 19.2 Å². The van der Waals surface area contributed by atoms with E-state index in [2.05, 4.69) is 14.6 Å². The van der Waals surface area contributed by atoms with Crippen LogP contribution in [0.15, 0.2) is 10.6 Å². The first kappa shape index (κ1) is 13.5. The molecule has 0 bridgehead atoms. The normalized spacial score (nSPS) is 20.2. The Morgan fingerprint density at radius 3 is 2.89 bits per heavy atom. The highest BCUT2D eigenvalue weighted by molar-refractivity contribution is 5.94. The van der Waals surface area contributed by atoms with E-state index in [1.54, 1.807) is 11.9 Å². The zero-order valence-corrected chi connectivity index (χ0v) is 11.0. The van der Waals surface area contributed by atoms with E-state index in [0.29, 0.717) is 0 Å². The maximum absolute atomic E-state index is 12.2. The standard InChI is InChI=1S/C12H17N3O4/c1-14-5-3-4-8(7-14)15(2)11(16)9-6-10(12(17)18)19-13-9/h6,8H,3-5,7H2,1-2H3,(H,17,18). The fraction of sp³-hybridized carbons (Fsp3) is 0.583. The second-order valence-electron chi connectivity index (χ2n) is 4.86.